The lowest BCUT2D eigenvalue weighted by Gasteiger charge is -2.23. The predicted molar refractivity (Wildman–Crippen MR) is 70.6 cm³/mol. The zero-order chi connectivity index (χ0) is 15.3. The highest BCUT2D eigenvalue weighted by molar-refractivity contribution is 5.90. The third-order valence-electron chi connectivity index (χ3n) is 2.36. The van der Waals surface area contributed by atoms with Crippen LogP contribution in [0.1, 0.15) is 0 Å². The fourth-order valence-corrected chi connectivity index (χ4v) is 1.53. The summed E-state index contributed by atoms with van der Waals surface area (Å²) in [7, 11) is 0. The van der Waals surface area contributed by atoms with Gasteiger partial charge >= 0.3 is 12.3 Å². The molecule has 4 nitrogen and oxygen atoms in total. The molecule has 0 spiro atoms. The first-order valence-corrected chi connectivity index (χ1v) is 5.93. The second-order valence-electron chi connectivity index (χ2n) is 3.96. The Bertz CT molecular complexity index is 588. The number of alkyl halides is 3. The first-order valence-electron chi connectivity index (χ1n) is 5.93. The summed E-state index contributed by atoms with van der Waals surface area (Å²) in [6, 6.07) is 14.4. The molecule has 2 aromatic rings. The third kappa shape index (κ3) is 4.41. The SMILES string of the molecule is O=C(NC(F)(F)F)N(Oc1ccccc1)c1ccccc1. The molecular formula is C14H11F3N2O2. The molecule has 1 N–H and O–H groups in total. The number of nitrogens with one attached hydrogen (secondary N) is 1. The third-order valence-corrected chi connectivity index (χ3v) is 2.36. The van der Waals surface area contributed by atoms with Crippen molar-refractivity contribution in [1.82, 2.24) is 5.32 Å². The van der Waals surface area contributed by atoms with Crippen LogP contribution in [0.15, 0.2) is 60.7 Å². The number of hydrogen-bond donors (Lipinski definition) is 1. The van der Waals surface area contributed by atoms with E-state index in [1.54, 1.807) is 36.4 Å². The summed E-state index contributed by atoms with van der Waals surface area (Å²) >= 11 is 0. The van der Waals surface area contributed by atoms with Crippen LogP contribution >= 0.6 is 0 Å². The van der Waals surface area contributed by atoms with Gasteiger partial charge in [0.15, 0.2) is 5.75 Å². The lowest BCUT2D eigenvalue weighted by atomic mass is 10.3. The molecule has 0 bridgehead atoms. The van der Waals surface area contributed by atoms with Crippen LogP contribution in [0, 0.1) is 0 Å². The minimum absolute atomic E-state index is 0.170. The molecule has 2 amide bonds. The zero-order valence-corrected chi connectivity index (χ0v) is 10.7. The van der Waals surface area contributed by atoms with Gasteiger partial charge < -0.3 is 4.84 Å². The van der Waals surface area contributed by atoms with Crippen molar-refractivity contribution in [2.45, 2.75) is 6.30 Å². The van der Waals surface area contributed by atoms with Crippen LogP contribution < -0.4 is 15.2 Å². The van der Waals surface area contributed by atoms with E-state index in [4.69, 9.17) is 4.84 Å². The van der Waals surface area contributed by atoms with Gasteiger partial charge in [-0.2, -0.15) is 13.2 Å². The molecule has 0 saturated carbocycles. The molecule has 0 saturated heterocycles. The first kappa shape index (κ1) is 14.7. The van der Waals surface area contributed by atoms with Crippen LogP contribution in [0.25, 0.3) is 0 Å². The number of carbonyl (C=O) groups excluding carboxylic acids is 1. The quantitative estimate of drug-likeness (QED) is 0.693. The van der Waals surface area contributed by atoms with Crippen molar-refractivity contribution in [3.63, 3.8) is 0 Å². The van der Waals surface area contributed by atoms with E-state index in [2.05, 4.69) is 0 Å². The van der Waals surface area contributed by atoms with Gasteiger partial charge in [0.2, 0.25) is 0 Å². The normalized spacial score (nSPS) is 10.8. The number of benzene rings is 2. The van der Waals surface area contributed by atoms with Crippen LogP contribution in [-0.4, -0.2) is 12.3 Å². The lowest BCUT2D eigenvalue weighted by molar-refractivity contribution is -0.145. The number of nitrogens with zero attached hydrogens (tertiary/aromatic N) is 1. The van der Waals surface area contributed by atoms with E-state index < -0.39 is 12.3 Å². The van der Waals surface area contributed by atoms with E-state index in [0.29, 0.717) is 5.06 Å². The van der Waals surface area contributed by atoms with E-state index in [1.807, 2.05) is 0 Å². The maximum Gasteiger partial charge on any atom is 0.486 e. The zero-order valence-electron chi connectivity index (χ0n) is 10.7. The summed E-state index contributed by atoms with van der Waals surface area (Å²) in [5, 5.41) is 1.44. The molecule has 7 heteroatoms. The van der Waals surface area contributed by atoms with E-state index >= 15 is 0 Å². The summed E-state index contributed by atoms with van der Waals surface area (Å²) in [4.78, 5) is 17.0. The van der Waals surface area contributed by atoms with Crippen molar-refractivity contribution in [1.29, 1.82) is 0 Å². The van der Waals surface area contributed by atoms with Gasteiger partial charge in [-0.3, -0.25) is 0 Å². The Morgan fingerprint density at radius 3 is 2.00 bits per heavy atom. The van der Waals surface area contributed by atoms with Gasteiger partial charge in [-0.1, -0.05) is 36.4 Å². The molecule has 0 atom stereocenters. The summed E-state index contributed by atoms with van der Waals surface area (Å²) in [5.74, 6) is 0.235. The molecule has 0 unspecified atom stereocenters. The van der Waals surface area contributed by atoms with Crippen molar-refractivity contribution in [2.24, 2.45) is 0 Å². The van der Waals surface area contributed by atoms with Crippen LogP contribution in [0.3, 0.4) is 0 Å². The number of halogens is 3. The Labute approximate surface area is 118 Å². The number of anilines is 1. The van der Waals surface area contributed by atoms with Crippen molar-refractivity contribution in [3.05, 3.63) is 60.7 Å². The average Bonchev–Trinajstić information content (AvgIpc) is 2.45. The van der Waals surface area contributed by atoms with Gasteiger partial charge in [-0.15, -0.1) is 5.06 Å². The number of amides is 2. The second-order valence-corrected chi connectivity index (χ2v) is 3.96. The van der Waals surface area contributed by atoms with Gasteiger partial charge in [0, 0.05) is 0 Å². The second kappa shape index (κ2) is 6.17. The van der Waals surface area contributed by atoms with Gasteiger partial charge in [-0.05, 0) is 24.3 Å². The predicted octanol–water partition coefficient (Wildman–Crippen LogP) is 3.72. The summed E-state index contributed by atoms with van der Waals surface area (Å²) in [5.41, 5.74) is 0.170. The molecule has 0 heterocycles. The molecule has 110 valence electrons. The molecule has 0 aliphatic heterocycles. The molecule has 0 aliphatic rings. The Kier molecular flexibility index (Phi) is 4.32. The van der Waals surface area contributed by atoms with Gasteiger partial charge in [-0.25, -0.2) is 10.1 Å². The number of hydrogen-bond acceptors (Lipinski definition) is 2. The standard InChI is InChI=1S/C14H11F3N2O2/c15-14(16,17)18-13(20)19(11-7-3-1-4-8-11)21-12-9-5-2-6-10-12/h1-10H,(H,18,20). The fourth-order valence-electron chi connectivity index (χ4n) is 1.53. The average molecular weight is 296 g/mol. The van der Waals surface area contributed by atoms with Gasteiger partial charge in [0.25, 0.3) is 0 Å². The van der Waals surface area contributed by atoms with E-state index in [-0.39, 0.29) is 11.4 Å². The van der Waals surface area contributed by atoms with Gasteiger partial charge in [0.05, 0.1) is 5.69 Å². The van der Waals surface area contributed by atoms with Crippen molar-refractivity contribution >= 4 is 11.7 Å². The number of para-hydroxylation sites is 2. The topological polar surface area (TPSA) is 41.6 Å². The molecule has 0 aromatic heterocycles. The molecular weight excluding hydrogens is 285 g/mol. The monoisotopic (exact) mass is 296 g/mol. The smallest absolute Gasteiger partial charge is 0.370 e. The van der Waals surface area contributed by atoms with Gasteiger partial charge in [0.1, 0.15) is 0 Å². The maximum absolute atomic E-state index is 12.3. The molecule has 0 aliphatic carbocycles. The molecule has 2 rings (SSSR count). The van der Waals surface area contributed by atoms with Crippen molar-refractivity contribution in [3.8, 4) is 5.75 Å². The summed E-state index contributed by atoms with van der Waals surface area (Å²) in [6.45, 7) is 0. The van der Waals surface area contributed by atoms with Crippen LogP contribution in [0.4, 0.5) is 23.7 Å². The largest absolute Gasteiger partial charge is 0.486 e. The maximum atomic E-state index is 12.3. The molecule has 2 aromatic carbocycles. The lowest BCUT2D eigenvalue weighted by Crippen LogP contribution is -2.48. The first-order chi connectivity index (χ1) is 9.96. The number of urea groups is 1. The van der Waals surface area contributed by atoms with Crippen LogP contribution in [0.2, 0.25) is 0 Å². The minimum Gasteiger partial charge on any atom is -0.370 e. The Hall–Kier alpha value is -2.70. The Balaban J connectivity index is 2.25. The number of carbonyl (C=O) groups is 1. The number of rotatable bonds is 3. The minimum atomic E-state index is -4.84. The Morgan fingerprint density at radius 1 is 0.952 bits per heavy atom. The highest BCUT2D eigenvalue weighted by atomic mass is 19.4. The molecule has 0 fully saturated rings. The number of hydroxylamine groups is 1. The Morgan fingerprint density at radius 2 is 1.48 bits per heavy atom. The fraction of sp³-hybridized carbons (Fsp3) is 0.0714. The highest BCUT2D eigenvalue weighted by Crippen LogP contribution is 2.20. The highest BCUT2D eigenvalue weighted by Gasteiger charge is 2.33. The summed E-state index contributed by atoms with van der Waals surface area (Å²) < 4.78 is 36.9. The van der Waals surface area contributed by atoms with Crippen molar-refractivity contribution in [2.75, 3.05) is 5.06 Å². The van der Waals surface area contributed by atoms with E-state index in [9.17, 15) is 18.0 Å². The van der Waals surface area contributed by atoms with Crippen molar-refractivity contribution < 1.29 is 22.8 Å². The molecule has 21 heavy (non-hydrogen) atoms. The van der Waals surface area contributed by atoms with Crippen LogP contribution in [-0.2, 0) is 0 Å². The molecule has 0 radical (unpaired) electrons. The van der Waals surface area contributed by atoms with E-state index in [0.717, 1.165) is 5.32 Å². The van der Waals surface area contributed by atoms with E-state index in [1.165, 1.54) is 24.3 Å². The van der Waals surface area contributed by atoms with Crippen LogP contribution in [0.5, 0.6) is 5.75 Å². The summed E-state index contributed by atoms with van der Waals surface area (Å²) in [6.07, 6.45) is -4.84.